The molecule has 0 bridgehead atoms. The van der Waals surface area contributed by atoms with E-state index in [4.69, 9.17) is 14.2 Å². The smallest absolute Gasteiger partial charge is 0.324 e. The second kappa shape index (κ2) is 11.2. The molecule has 11 nitrogen and oxygen atoms in total. The van der Waals surface area contributed by atoms with Gasteiger partial charge in [-0.05, 0) is 31.2 Å². The molecule has 1 aromatic carbocycles. The van der Waals surface area contributed by atoms with Crippen LogP contribution in [-0.2, 0) is 29.1 Å². The number of rotatable bonds is 10. The van der Waals surface area contributed by atoms with Gasteiger partial charge in [-0.25, -0.2) is 13.2 Å². The van der Waals surface area contributed by atoms with E-state index in [9.17, 15) is 22.8 Å². The topological polar surface area (TPSA) is 149 Å². The van der Waals surface area contributed by atoms with E-state index in [1.165, 1.54) is 45.4 Å². The minimum Gasteiger partial charge on any atom is -0.497 e. The molecule has 0 heterocycles. The average Bonchev–Trinajstić information content (AvgIpc) is 2.65. The van der Waals surface area contributed by atoms with Gasteiger partial charge < -0.3 is 19.5 Å². The van der Waals surface area contributed by atoms with Crippen molar-refractivity contribution in [2.75, 3.05) is 34.0 Å². The summed E-state index contributed by atoms with van der Waals surface area (Å²) in [6.07, 6.45) is 0. The lowest BCUT2D eigenvalue weighted by Gasteiger charge is -2.14. The second-order valence-electron chi connectivity index (χ2n) is 5.42. The number of methoxy groups -OCH3 is 2. The summed E-state index contributed by atoms with van der Waals surface area (Å²) in [5.74, 6) is -1.37. The predicted octanol–water partition coefficient (Wildman–Crippen LogP) is -0.623. The van der Waals surface area contributed by atoms with Gasteiger partial charge in [0.1, 0.15) is 11.8 Å². The van der Waals surface area contributed by atoms with Gasteiger partial charge in [0.15, 0.2) is 6.61 Å². The monoisotopic (exact) mass is 417 g/mol. The van der Waals surface area contributed by atoms with Crippen molar-refractivity contribution in [2.45, 2.75) is 17.9 Å². The highest BCUT2D eigenvalue weighted by molar-refractivity contribution is 7.89. The SMILES string of the molecule is COCCNC(=O)NC(=O)COC(=O)C(C)NS(=O)(=O)c1ccc(OC)cc1. The maximum Gasteiger partial charge on any atom is 0.324 e. The van der Waals surface area contributed by atoms with Crippen LogP contribution in [0.5, 0.6) is 5.75 Å². The van der Waals surface area contributed by atoms with Gasteiger partial charge in [0.25, 0.3) is 5.91 Å². The molecule has 1 atom stereocenters. The lowest BCUT2D eigenvalue weighted by Crippen LogP contribution is -2.44. The molecule has 0 spiro atoms. The third kappa shape index (κ3) is 7.90. The van der Waals surface area contributed by atoms with Crippen molar-refractivity contribution in [2.24, 2.45) is 0 Å². The van der Waals surface area contributed by atoms with Crippen LogP contribution in [0.3, 0.4) is 0 Å². The highest BCUT2D eigenvalue weighted by Gasteiger charge is 2.24. The Bertz CT molecular complexity index is 780. The number of urea groups is 1. The molecule has 0 aliphatic rings. The van der Waals surface area contributed by atoms with E-state index in [-0.39, 0.29) is 18.0 Å². The number of amides is 3. The Hall–Kier alpha value is -2.70. The van der Waals surface area contributed by atoms with Gasteiger partial charge >= 0.3 is 12.0 Å². The van der Waals surface area contributed by atoms with Gasteiger partial charge in [0.2, 0.25) is 10.0 Å². The molecule has 3 amide bonds. The zero-order chi connectivity index (χ0) is 21.2. The molecule has 0 fully saturated rings. The van der Waals surface area contributed by atoms with Gasteiger partial charge in [-0.1, -0.05) is 0 Å². The molecule has 0 aliphatic heterocycles. The first-order valence-electron chi connectivity index (χ1n) is 8.09. The van der Waals surface area contributed by atoms with Gasteiger partial charge in [-0.2, -0.15) is 4.72 Å². The normalized spacial score (nSPS) is 12.0. The van der Waals surface area contributed by atoms with E-state index >= 15 is 0 Å². The Morgan fingerprint density at radius 3 is 2.32 bits per heavy atom. The fraction of sp³-hybridized carbons (Fsp3) is 0.438. The molecule has 1 aromatic rings. The minimum atomic E-state index is -3.98. The standard InChI is InChI=1S/C16H23N3O8S/c1-11(19-28(23,24)13-6-4-12(26-3)5-7-13)15(21)27-10-14(20)18-16(22)17-8-9-25-2/h4-7,11,19H,8-10H2,1-3H3,(H2,17,18,20,22). The van der Waals surface area contributed by atoms with Crippen molar-refractivity contribution in [1.82, 2.24) is 15.4 Å². The lowest BCUT2D eigenvalue weighted by molar-refractivity contribution is -0.149. The summed E-state index contributed by atoms with van der Waals surface area (Å²) >= 11 is 0. The van der Waals surface area contributed by atoms with Crippen LogP contribution in [0.2, 0.25) is 0 Å². The van der Waals surface area contributed by atoms with Crippen LogP contribution in [0, 0.1) is 0 Å². The number of esters is 1. The maximum atomic E-state index is 12.3. The molecule has 3 N–H and O–H groups in total. The predicted molar refractivity (Wildman–Crippen MR) is 97.2 cm³/mol. The number of nitrogens with one attached hydrogen (secondary N) is 3. The number of hydrogen-bond donors (Lipinski definition) is 3. The quantitative estimate of drug-likeness (QED) is 0.337. The van der Waals surface area contributed by atoms with Crippen molar-refractivity contribution in [3.8, 4) is 5.75 Å². The van der Waals surface area contributed by atoms with Crippen molar-refractivity contribution >= 4 is 27.9 Å². The summed E-state index contributed by atoms with van der Waals surface area (Å²) in [5, 5.41) is 4.29. The zero-order valence-corrected chi connectivity index (χ0v) is 16.5. The summed E-state index contributed by atoms with van der Waals surface area (Å²) in [5.41, 5.74) is 0. The number of hydrogen-bond acceptors (Lipinski definition) is 8. The van der Waals surface area contributed by atoms with E-state index in [1.54, 1.807) is 0 Å². The number of ether oxygens (including phenoxy) is 3. The van der Waals surface area contributed by atoms with Gasteiger partial charge in [-0.3, -0.25) is 14.9 Å². The van der Waals surface area contributed by atoms with Crippen molar-refractivity contribution in [3.63, 3.8) is 0 Å². The third-order valence-corrected chi connectivity index (χ3v) is 4.80. The van der Waals surface area contributed by atoms with Gasteiger partial charge in [-0.15, -0.1) is 0 Å². The Balaban J connectivity index is 2.49. The van der Waals surface area contributed by atoms with Crippen LogP contribution < -0.4 is 20.1 Å². The molecule has 0 aliphatic carbocycles. The fourth-order valence-corrected chi connectivity index (χ4v) is 3.03. The van der Waals surface area contributed by atoms with Gasteiger partial charge in [0.05, 0.1) is 18.6 Å². The number of sulfonamides is 1. The number of carbonyl (C=O) groups excluding carboxylic acids is 3. The first-order chi connectivity index (χ1) is 13.2. The third-order valence-electron chi connectivity index (χ3n) is 3.25. The number of carbonyl (C=O) groups is 3. The van der Waals surface area contributed by atoms with Crippen LogP contribution in [0.1, 0.15) is 6.92 Å². The Morgan fingerprint density at radius 2 is 1.75 bits per heavy atom. The molecular weight excluding hydrogens is 394 g/mol. The summed E-state index contributed by atoms with van der Waals surface area (Å²) in [4.78, 5) is 34.7. The molecule has 12 heteroatoms. The molecule has 0 saturated heterocycles. The van der Waals surface area contributed by atoms with Crippen molar-refractivity contribution in [1.29, 1.82) is 0 Å². The Labute approximate surface area is 162 Å². The molecule has 0 radical (unpaired) electrons. The second-order valence-corrected chi connectivity index (χ2v) is 7.14. The Morgan fingerprint density at radius 1 is 1.11 bits per heavy atom. The molecule has 0 saturated carbocycles. The molecular formula is C16H23N3O8S. The van der Waals surface area contributed by atoms with Crippen molar-refractivity contribution in [3.05, 3.63) is 24.3 Å². The van der Waals surface area contributed by atoms with Crippen LogP contribution in [0.4, 0.5) is 4.79 Å². The van der Waals surface area contributed by atoms with E-state index in [0.29, 0.717) is 5.75 Å². The highest BCUT2D eigenvalue weighted by atomic mass is 32.2. The van der Waals surface area contributed by atoms with Crippen LogP contribution in [-0.4, -0.2) is 66.3 Å². The summed E-state index contributed by atoms with van der Waals surface area (Å²) in [7, 11) is -1.09. The first-order valence-corrected chi connectivity index (χ1v) is 9.57. The molecule has 156 valence electrons. The number of benzene rings is 1. The minimum absolute atomic E-state index is 0.0709. The summed E-state index contributed by atoms with van der Waals surface area (Å²) in [6, 6.07) is 3.52. The van der Waals surface area contributed by atoms with E-state index in [2.05, 4.69) is 10.0 Å². The maximum absolute atomic E-state index is 12.3. The van der Waals surface area contributed by atoms with E-state index in [1.807, 2.05) is 5.32 Å². The van der Waals surface area contributed by atoms with Crippen molar-refractivity contribution < 1.29 is 37.0 Å². The molecule has 28 heavy (non-hydrogen) atoms. The summed E-state index contributed by atoms with van der Waals surface area (Å²) in [6.45, 7) is 0.978. The summed E-state index contributed by atoms with van der Waals surface area (Å²) < 4.78 is 41.0. The van der Waals surface area contributed by atoms with Gasteiger partial charge in [0, 0.05) is 13.7 Å². The largest absolute Gasteiger partial charge is 0.497 e. The first kappa shape index (κ1) is 23.3. The lowest BCUT2D eigenvalue weighted by atomic mass is 10.3. The zero-order valence-electron chi connectivity index (χ0n) is 15.7. The average molecular weight is 417 g/mol. The molecule has 1 unspecified atom stereocenters. The van der Waals surface area contributed by atoms with Crippen LogP contribution in [0.25, 0.3) is 0 Å². The highest BCUT2D eigenvalue weighted by Crippen LogP contribution is 2.15. The van der Waals surface area contributed by atoms with Crippen LogP contribution >= 0.6 is 0 Å². The van der Waals surface area contributed by atoms with E-state index < -0.39 is 40.6 Å². The number of imide groups is 1. The van der Waals surface area contributed by atoms with Crippen LogP contribution in [0.15, 0.2) is 29.2 Å². The molecule has 1 rings (SSSR count). The molecule has 0 aromatic heterocycles. The Kier molecular flexibility index (Phi) is 9.35. The van der Waals surface area contributed by atoms with E-state index in [0.717, 1.165) is 0 Å². The fourth-order valence-electron chi connectivity index (χ4n) is 1.84.